The first-order valence-electron chi connectivity index (χ1n) is 13.2. The van der Waals surface area contributed by atoms with E-state index in [0.717, 1.165) is 25.6 Å². The van der Waals surface area contributed by atoms with Gasteiger partial charge in [0, 0.05) is 31.0 Å². The minimum absolute atomic E-state index is 0.00535. The molecule has 1 aliphatic carbocycles. The minimum atomic E-state index is -0.476. The molecule has 1 amide bonds. The summed E-state index contributed by atoms with van der Waals surface area (Å²) in [6, 6.07) is 11.8. The molecule has 1 atom stereocenters. The molecule has 1 saturated carbocycles. The Labute approximate surface area is 220 Å². The van der Waals surface area contributed by atoms with Crippen molar-refractivity contribution in [3.05, 3.63) is 95.1 Å². The van der Waals surface area contributed by atoms with Gasteiger partial charge in [-0.3, -0.25) is 9.78 Å². The number of anilines is 1. The third kappa shape index (κ3) is 6.25. The zero-order valence-electron chi connectivity index (χ0n) is 21.2. The number of benzene rings is 2. The number of aromatic nitrogens is 1. The largest absolute Gasteiger partial charge is 0.369 e. The molecule has 2 aromatic carbocycles. The highest BCUT2D eigenvalue weighted by atomic mass is 19.1. The number of morpholine rings is 1. The molecule has 1 spiro atoms. The molecular formula is C30H32F3N3O2. The van der Waals surface area contributed by atoms with E-state index >= 15 is 0 Å². The lowest BCUT2D eigenvalue weighted by molar-refractivity contribution is -0.116. The molecule has 1 unspecified atom stereocenters. The third-order valence-electron chi connectivity index (χ3n) is 7.68. The summed E-state index contributed by atoms with van der Waals surface area (Å²) in [5, 5.41) is 6.31. The number of amides is 1. The highest BCUT2D eigenvalue weighted by Gasteiger charge is 2.39. The summed E-state index contributed by atoms with van der Waals surface area (Å²) in [4.78, 5) is 17.1. The molecule has 1 aliphatic heterocycles. The van der Waals surface area contributed by atoms with Crippen LogP contribution in [0.3, 0.4) is 0 Å². The van der Waals surface area contributed by atoms with E-state index in [2.05, 4.69) is 15.6 Å². The van der Waals surface area contributed by atoms with Crippen LogP contribution in [-0.4, -0.2) is 35.7 Å². The fourth-order valence-electron chi connectivity index (χ4n) is 5.71. The van der Waals surface area contributed by atoms with E-state index in [1.165, 1.54) is 43.3 Å². The van der Waals surface area contributed by atoms with Crippen molar-refractivity contribution in [1.29, 1.82) is 0 Å². The second kappa shape index (κ2) is 11.7. The van der Waals surface area contributed by atoms with Crippen LogP contribution >= 0.6 is 0 Å². The second-order valence-corrected chi connectivity index (χ2v) is 10.4. The van der Waals surface area contributed by atoms with Crippen molar-refractivity contribution in [3.8, 4) is 0 Å². The van der Waals surface area contributed by atoms with Gasteiger partial charge in [-0.05, 0) is 61.1 Å². The van der Waals surface area contributed by atoms with Gasteiger partial charge in [-0.15, -0.1) is 0 Å². The lowest BCUT2D eigenvalue weighted by Crippen LogP contribution is -2.52. The molecule has 0 bridgehead atoms. The Kier molecular flexibility index (Phi) is 8.09. The lowest BCUT2D eigenvalue weighted by Gasteiger charge is -2.39. The van der Waals surface area contributed by atoms with Crippen LogP contribution < -0.4 is 10.6 Å². The van der Waals surface area contributed by atoms with Gasteiger partial charge in [0.25, 0.3) is 0 Å². The Morgan fingerprint density at radius 3 is 2.26 bits per heavy atom. The summed E-state index contributed by atoms with van der Waals surface area (Å²) >= 11 is 0. The van der Waals surface area contributed by atoms with Crippen molar-refractivity contribution < 1.29 is 22.7 Å². The lowest BCUT2D eigenvalue weighted by atomic mass is 9.88. The Bertz CT molecular complexity index is 1200. The standard InChI is InChI=1S/C30H32F3N3O2/c31-22-7-3-20(4-8-22)26(21-5-9-23(32)10-6-21)15-29(37)36-28-18-34-17-27(33)25(28)12-11-24-16-35-19-30(38-24)13-1-2-14-30/h3-10,17-18,24,26,35H,1-2,11-16,19H2,(H,36,37). The summed E-state index contributed by atoms with van der Waals surface area (Å²) in [5.74, 6) is -2.04. The molecule has 2 fully saturated rings. The van der Waals surface area contributed by atoms with E-state index in [1.807, 2.05) is 0 Å². The number of ether oxygens (including phenoxy) is 1. The van der Waals surface area contributed by atoms with Gasteiger partial charge >= 0.3 is 0 Å². The van der Waals surface area contributed by atoms with Crippen LogP contribution in [0.1, 0.15) is 61.1 Å². The van der Waals surface area contributed by atoms with Gasteiger partial charge in [-0.1, -0.05) is 37.1 Å². The Hall–Kier alpha value is -3.23. The van der Waals surface area contributed by atoms with Crippen LogP contribution in [0, 0.1) is 17.5 Å². The maximum Gasteiger partial charge on any atom is 0.225 e. The zero-order valence-corrected chi connectivity index (χ0v) is 21.2. The first kappa shape index (κ1) is 26.4. The molecule has 5 nitrogen and oxygen atoms in total. The number of hydrogen-bond donors (Lipinski definition) is 2. The molecule has 200 valence electrons. The van der Waals surface area contributed by atoms with Crippen LogP contribution in [0.15, 0.2) is 60.9 Å². The average molecular weight is 524 g/mol. The normalized spacial score (nSPS) is 18.7. The average Bonchev–Trinajstić information content (AvgIpc) is 3.35. The van der Waals surface area contributed by atoms with Crippen LogP contribution in [0.5, 0.6) is 0 Å². The van der Waals surface area contributed by atoms with E-state index in [0.29, 0.717) is 41.8 Å². The van der Waals surface area contributed by atoms with Gasteiger partial charge in [-0.25, -0.2) is 13.2 Å². The van der Waals surface area contributed by atoms with E-state index in [-0.39, 0.29) is 35.7 Å². The maximum atomic E-state index is 14.9. The SMILES string of the molecule is O=C(CC(c1ccc(F)cc1)c1ccc(F)cc1)Nc1cncc(F)c1CCC1CNCC2(CCCC2)O1. The molecular weight excluding hydrogens is 491 g/mol. The monoisotopic (exact) mass is 523 g/mol. The zero-order chi connectivity index (χ0) is 26.5. The highest BCUT2D eigenvalue weighted by molar-refractivity contribution is 5.92. The predicted molar refractivity (Wildman–Crippen MR) is 139 cm³/mol. The molecule has 2 heterocycles. The number of hydrogen-bond acceptors (Lipinski definition) is 4. The smallest absolute Gasteiger partial charge is 0.225 e. The molecule has 1 saturated heterocycles. The number of nitrogens with one attached hydrogen (secondary N) is 2. The fourth-order valence-corrected chi connectivity index (χ4v) is 5.71. The number of rotatable bonds is 8. The van der Waals surface area contributed by atoms with Crippen molar-refractivity contribution in [2.24, 2.45) is 0 Å². The fraction of sp³-hybridized carbons (Fsp3) is 0.400. The molecule has 2 N–H and O–H groups in total. The van der Waals surface area contributed by atoms with Crippen LogP contribution in [0.2, 0.25) is 0 Å². The number of carbonyl (C=O) groups is 1. The summed E-state index contributed by atoms with van der Waals surface area (Å²) in [6.45, 7) is 1.57. The Balaban J connectivity index is 1.29. The summed E-state index contributed by atoms with van der Waals surface area (Å²) in [6.07, 6.45) is 8.03. The van der Waals surface area contributed by atoms with Gasteiger partial charge in [0.05, 0.1) is 29.8 Å². The number of carbonyl (C=O) groups excluding carboxylic acids is 1. The molecule has 1 aromatic heterocycles. The number of nitrogens with zero attached hydrogens (tertiary/aromatic N) is 1. The van der Waals surface area contributed by atoms with Crippen LogP contribution in [0.4, 0.5) is 18.9 Å². The number of pyridine rings is 1. The van der Waals surface area contributed by atoms with Crippen LogP contribution in [0.25, 0.3) is 0 Å². The summed E-state index contributed by atoms with van der Waals surface area (Å²) in [7, 11) is 0. The molecule has 2 aliphatic rings. The van der Waals surface area contributed by atoms with Crippen molar-refractivity contribution in [2.45, 2.75) is 62.6 Å². The van der Waals surface area contributed by atoms with E-state index in [9.17, 15) is 18.0 Å². The topological polar surface area (TPSA) is 63.2 Å². The van der Waals surface area contributed by atoms with Crippen molar-refractivity contribution >= 4 is 11.6 Å². The third-order valence-corrected chi connectivity index (χ3v) is 7.68. The van der Waals surface area contributed by atoms with Crippen molar-refractivity contribution in [1.82, 2.24) is 10.3 Å². The summed E-state index contributed by atoms with van der Waals surface area (Å²) < 4.78 is 48.4. The van der Waals surface area contributed by atoms with E-state index in [4.69, 9.17) is 4.74 Å². The van der Waals surface area contributed by atoms with Gasteiger partial charge < -0.3 is 15.4 Å². The minimum Gasteiger partial charge on any atom is -0.369 e. The number of halogens is 3. The van der Waals surface area contributed by atoms with E-state index in [1.54, 1.807) is 24.3 Å². The maximum absolute atomic E-state index is 14.9. The predicted octanol–water partition coefficient (Wildman–Crippen LogP) is 5.89. The van der Waals surface area contributed by atoms with Gasteiger partial charge in [0.1, 0.15) is 17.5 Å². The molecule has 38 heavy (non-hydrogen) atoms. The quantitative estimate of drug-likeness (QED) is 0.386. The first-order chi connectivity index (χ1) is 18.4. The Morgan fingerprint density at radius 2 is 1.63 bits per heavy atom. The van der Waals surface area contributed by atoms with Crippen molar-refractivity contribution in [2.75, 3.05) is 18.4 Å². The highest BCUT2D eigenvalue weighted by Crippen LogP contribution is 2.36. The molecule has 8 heteroatoms. The van der Waals surface area contributed by atoms with Gasteiger partial charge in [0.2, 0.25) is 5.91 Å². The van der Waals surface area contributed by atoms with E-state index < -0.39 is 11.7 Å². The molecule has 0 radical (unpaired) electrons. The van der Waals surface area contributed by atoms with Gasteiger partial charge in [-0.2, -0.15) is 0 Å². The molecule has 5 rings (SSSR count). The van der Waals surface area contributed by atoms with Crippen molar-refractivity contribution in [3.63, 3.8) is 0 Å². The first-order valence-corrected chi connectivity index (χ1v) is 13.2. The Morgan fingerprint density at radius 1 is 1.00 bits per heavy atom. The second-order valence-electron chi connectivity index (χ2n) is 10.4. The van der Waals surface area contributed by atoms with Gasteiger partial charge in [0.15, 0.2) is 0 Å². The molecule has 3 aromatic rings. The van der Waals surface area contributed by atoms with Crippen LogP contribution in [-0.2, 0) is 16.0 Å². The summed E-state index contributed by atoms with van der Waals surface area (Å²) in [5.41, 5.74) is 2.04.